The van der Waals surface area contributed by atoms with Crippen LogP contribution < -0.4 is 11.1 Å². The zero-order valence-corrected chi connectivity index (χ0v) is 9.08. The second kappa shape index (κ2) is 5.01. The van der Waals surface area contributed by atoms with Crippen molar-refractivity contribution in [2.75, 3.05) is 17.6 Å². The quantitative estimate of drug-likeness (QED) is 0.794. The van der Waals surface area contributed by atoms with E-state index in [1.165, 1.54) is 32.1 Å². The highest BCUT2D eigenvalue weighted by Gasteiger charge is 2.13. The molecule has 0 spiro atoms. The van der Waals surface area contributed by atoms with Crippen LogP contribution >= 0.6 is 0 Å². The van der Waals surface area contributed by atoms with Gasteiger partial charge in [0.1, 0.15) is 0 Å². The fraction of sp³-hybridized carbons (Fsp3) is 0.583. The number of hydrogen-bond acceptors (Lipinski definition) is 3. The Balaban J connectivity index is 1.73. The summed E-state index contributed by atoms with van der Waals surface area (Å²) in [4.78, 5) is 4.05. The molecule has 1 aromatic heterocycles. The van der Waals surface area contributed by atoms with Crippen molar-refractivity contribution in [3.05, 3.63) is 18.5 Å². The highest BCUT2D eigenvalue weighted by atomic mass is 14.9. The zero-order valence-electron chi connectivity index (χ0n) is 9.08. The molecule has 0 unspecified atom stereocenters. The molecular formula is C12H19N3. The number of aromatic nitrogens is 1. The third-order valence-corrected chi connectivity index (χ3v) is 3.12. The topological polar surface area (TPSA) is 50.9 Å². The van der Waals surface area contributed by atoms with Crippen LogP contribution in [0.1, 0.15) is 32.1 Å². The first-order valence-corrected chi connectivity index (χ1v) is 5.79. The monoisotopic (exact) mass is 205 g/mol. The lowest BCUT2D eigenvalue weighted by atomic mass is 10.0. The fourth-order valence-electron chi connectivity index (χ4n) is 2.27. The number of rotatable bonds is 4. The minimum atomic E-state index is 0.723. The molecule has 3 N–H and O–H groups in total. The van der Waals surface area contributed by atoms with Crippen molar-refractivity contribution in [3.63, 3.8) is 0 Å². The molecular weight excluding hydrogens is 186 g/mol. The molecule has 0 saturated heterocycles. The molecule has 15 heavy (non-hydrogen) atoms. The van der Waals surface area contributed by atoms with Gasteiger partial charge in [-0.2, -0.15) is 0 Å². The van der Waals surface area contributed by atoms with Crippen molar-refractivity contribution in [2.24, 2.45) is 5.92 Å². The minimum Gasteiger partial charge on any atom is -0.397 e. The van der Waals surface area contributed by atoms with Crippen molar-refractivity contribution in [2.45, 2.75) is 32.1 Å². The number of nitrogens with one attached hydrogen (secondary N) is 1. The van der Waals surface area contributed by atoms with Crippen LogP contribution in [0, 0.1) is 5.92 Å². The average molecular weight is 205 g/mol. The maximum atomic E-state index is 5.65. The molecule has 0 bridgehead atoms. The van der Waals surface area contributed by atoms with Crippen molar-refractivity contribution in [1.82, 2.24) is 4.98 Å². The molecule has 2 rings (SSSR count). The molecule has 0 aliphatic heterocycles. The van der Waals surface area contributed by atoms with E-state index in [1.807, 2.05) is 12.3 Å². The van der Waals surface area contributed by atoms with E-state index < -0.39 is 0 Å². The van der Waals surface area contributed by atoms with E-state index in [0.717, 1.165) is 23.8 Å². The smallest absolute Gasteiger partial charge is 0.0547 e. The van der Waals surface area contributed by atoms with E-state index in [0.29, 0.717) is 0 Å². The molecule has 0 radical (unpaired) electrons. The van der Waals surface area contributed by atoms with Crippen LogP contribution in [0.15, 0.2) is 18.5 Å². The molecule has 1 aliphatic carbocycles. The second-order valence-corrected chi connectivity index (χ2v) is 4.37. The van der Waals surface area contributed by atoms with Crippen LogP contribution in [-0.4, -0.2) is 11.5 Å². The summed E-state index contributed by atoms with van der Waals surface area (Å²) in [6, 6.07) is 1.93. The van der Waals surface area contributed by atoms with E-state index in [2.05, 4.69) is 10.3 Å². The largest absolute Gasteiger partial charge is 0.397 e. The molecule has 1 aromatic rings. The number of nitrogens with two attached hydrogens (primary N) is 1. The van der Waals surface area contributed by atoms with Gasteiger partial charge in [0.25, 0.3) is 0 Å². The highest BCUT2D eigenvalue weighted by Crippen LogP contribution is 2.27. The molecule has 1 saturated carbocycles. The Morgan fingerprint density at radius 3 is 2.87 bits per heavy atom. The Labute approximate surface area is 91.1 Å². The van der Waals surface area contributed by atoms with Gasteiger partial charge in [0.05, 0.1) is 17.6 Å². The van der Waals surface area contributed by atoms with E-state index in [9.17, 15) is 0 Å². The summed E-state index contributed by atoms with van der Waals surface area (Å²) in [7, 11) is 0. The Kier molecular flexibility index (Phi) is 3.43. The first-order chi connectivity index (χ1) is 7.34. The van der Waals surface area contributed by atoms with Crippen LogP contribution in [0.4, 0.5) is 11.4 Å². The maximum Gasteiger partial charge on any atom is 0.0547 e. The Morgan fingerprint density at radius 2 is 2.13 bits per heavy atom. The fourth-order valence-corrected chi connectivity index (χ4v) is 2.27. The molecule has 1 heterocycles. The third-order valence-electron chi connectivity index (χ3n) is 3.12. The lowest BCUT2D eigenvalue weighted by Gasteiger charge is -2.10. The van der Waals surface area contributed by atoms with E-state index in [1.54, 1.807) is 6.20 Å². The molecule has 0 atom stereocenters. The number of nitrogens with zero attached hydrogens (tertiary/aromatic N) is 1. The Bertz CT molecular complexity index is 305. The lowest BCUT2D eigenvalue weighted by Crippen LogP contribution is -2.07. The van der Waals surface area contributed by atoms with E-state index in [4.69, 9.17) is 5.73 Å². The summed E-state index contributed by atoms with van der Waals surface area (Å²) in [6.45, 7) is 1.04. The third kappa shape index (κ3) is 3.11. The van der Waals surface area contributed by atoms with Crippen molar-refractivity contribution in [1.29, 1.82) is 0 Å². The first-order valence-electron chi connectivity index (χ1n) is 5.79. The summed E-state index contributed by atoms with van der Waals surface area (Å²) in [5.74, 6) is 0.937. The van der Waals surface area contributed by atoms with Crippen molar-refractivity contribution >= 4 is 11.4 Å². The van der Waals surface area contributed by atoms with Crippen molar-refractivity contribution < 1.29 is 0 Å². The van der Waals surface area contributed by atoms with Crippen molar-refractivity contribution in [3.8, 4) is 0 Å². The van der Waals surface area contributed by atoms with E-state index in [-0.39, 0.29) is 0 Å². The lowest BCUT2D eigenvalue weighted by molar-refractivity contribution is 0.518. The van der Waals surface area contributed by atoms with Gasteiger partial charge in [-0.1, -0.05) is 25.7 Å². The predicted octanol–water partition coefficient (Wildman–Crippen LogP) is 2.66. The SMILES string of the molecule is Nc1cncc(NCCC2CCCC2)c1. The molecule has 0 aromatic carbocycles. The Morgan fingerprint density at radius 1 is 1.33 bits per heavy atom. The van der Waals surface area contributed by atoms with Gasteiger partial charge in [-0.15, -0.1) is 0 Å². The molecule has 3 nitrogen and oxygen atoms in total. The molecule has 1 aliphatic rings. The van der Waals surface area contributed by atoms with Gasteiger partial charge in [0.15, 0.2) is 0 Å². The van der Waals surface area contributed by atoms with Gasteiger partial charge in [0.2, 0.25) is 0 Å². The van der Waals surface area contributed by atoms with Gasteiger partial charge >= 0.3 is 0 Å². The number of nitrogen functional groups attached to an aromatic ring is 1. The maximum absolute atomic E-state index is 5.65. The standard InChI is InChI=1S/C12H19N3/c13-11-7-12(9-14-8-11)15-6-5-10-3-1-2-4-10/h7-10,15H,1-6,13H2. The average Bonchev–Trinajstić information content (AvgIpc) is 2.71. The summed E-state index contributed by atoms with van der Waals surface area (Å²) in [6.07, 6.45) is 10.4. The molecule has 1 fully saturated rings. The second-order valence-electron chi connectivity index (χ2n) is 4.37. The predicted molar refractivity (Wildman–Crippen MR) is 63.7 cm³/mol. The molecule has 3 heteroatoms. The van der Waals surface area contributed by atoms with Crippen LogP contribution in [0.5, 0.6) is 0 Å². The van der Waals surface area contributed by atoms with E-state index >= 15 is 0 Å². The highest BCUT2D eigenvalue weighted by molar-refractivity contribution is 5.51. The van der Waals surface area contributed by atoms with Gasteiger partial charge < -0.3 is 11.1 Å². The number of hydrogen-bond donors (Lipinski definition) is 2. The van der Waals surface area contributed by atoms with Crippen LogP contribution in [0.3, 0.4) is 0 Å². The van der Waals surface area contributed by atoms with Gasteiger partial charge in [-0.25, -0.2) is 0 Å². The molecule has 82 valence electrons. The first kappa shape index (κ1) is 10.3. The van der Waals surface area contributed by atoms with Gasteiger partial charge in [-0.3, -0.25) is 4.98 Å². The van der Waals surface area contributed by atoms with Gasteiger partial charge in [0, 0.05) is 12.7 Å². The summed E-state index contributed by atoms with van der Waals surface area (Å²) in [5, 5.41) is 3.37. The minimum absolute atomic E-state index is 0.723. The zero-order chi connectivity index (χ0) is 10.5. The van der Waals surface area contributed by atoms with Crippen LogP contribution in [0.25, 0.3) is 0 Å². The normalized spacial score (nSPS) is 16.8. The van der Waals surface area contributed by atoms with Crippen LogP contribution in [0.2, 0.25) is 0 Å². The van der Waals surface area contributed by atoms with Crippen LogP contribution in [-0.2, 0) is 0 Å². The Hall–Kier alpha value is -1.25. The summed E-state index contributed by atoms with van der Waals surface area (Å²) >= 11 is 0. The number of anilines is 2. The summed E-state index contributed by atoms with van der Waals surface area (Å²) in [5.41, 5.74) is 7.41. The van der Waals surface area contributed by atoms with Gasteiger partial charge in [-0.05, 0) is 18.4 Å². The summed E-state index contributed by atoms with van der Waals surface area (Å²) < 4.78 is 0. The molecule has 0 amide bonds. The number of pyridine rings is 1.